The molecule has 3 saturated heterocycles. The summed E-state index contributed by atoms with van der Waals surface area (Å²) in [5.41, 5.74) is 0.966. The first-order chi connectivity index (χ1) is 19.7. The molecule has 234 valence electrons. The summed E-state index contributed by atoms with van der Waals surface area (Å²) in [4.78, 5) is 45.4. The van der Waals surface area contributed by atoms with Gasteiger partial charge in [-0.05, 0) is 47.4 Å². The molecular formula is C32H43ClN4O5S. The number of imide groups is 1. The molecule has 5 rings (SSSR count). The molecule has 3 aliphatic rings. The van der Waals surface area contributed by atoms with Gasteiger partial charge in [-0.1, -0.05) is 63.2 Å². The van der Waals surface area contributed by atoms with Crippen molar-refractivity contribution < 1.29 is 22.8 Å². The van der Waals surface area contributed by atoms with Gasteiger partial charge < -0.3 is 15.1 Å². The number of sulfone groups is 1. The maximum absolute atomic E-state index is 13.5. The van der Waals surface area contributed by atoms with Gasteiger partial charge in [0.05, 0.1) is 11.4 Å². The third-order valence-electron chi connectivity index (χ3n) is 8.84. The zero-order valence-corrected chi connectivity index (χ0v) is 27.0. The number of piperidine rings is 1. The molecule has 0 bridgehead atoms. The number of carbonyl (C=O) groups excluding carboxylic acids is 3. The topological polar surface area (TPSA) is 107 Å². The molecular weight excluding hydrogens is 588 g/mol. The van der Waals surface area contributed by atoms with Crippen molar-refractivity contribution in [2.24, 2.45) is 11.3 Å². The highest BCUT2D eigenvalue weighted by atomic mass is 35.5. The summed E-state index contributed by atoms with van der Waals surface area (Å²) in [7, 11) is -3.32. The van der Waals surface area contributed by atoms with Crippen LogP contribution in [0.25, 0.3) is 0 Å². The molecule has 2 atom stereocenters. The Morgan fingerprint density at radius 2 is 1.60 bits per heavy atom. The van der Waals surface area contributed by atoms with Crippen molar-refractivity contribution in [3.63, 3.8) is 0 Å². The summed E-state index contributed by atoms with van der Waals surface area (Å²) in [6, 6.07) is 16.3. The lowest BCUT2D eigenvalue weighted by Crippen LogP contribution is -2.55. The van der Waals surface area contributed by atoms with E-state index in [9.17, 15) is 22.8 Å². The number of urea groups is 1. The molecule has 43 heavy (non-hydrogen) atoms. The number of carbonyl (C=O) groups is 3. The van der Waals surface area contributed by atoms with Crippen LogP contribution in [0.2, 0.25) is 0 Å². The predicted molar refractivity (Wildman–Crippen MR) is 168 cm³/mol. The van der Waals surface area contributed by atoms with Crippen LogP contribution in [0, 0.1) is 11.3 Å². The number of rotatable bonds is 7. The van der Waals surface area contributed by atoms with Gasteiger partial charge in [0.25, 0.3) is 5.91 Å². The van der Waals surface area contributed by atoms with Crippen LogP contribution in [0.5, 0.6) is 0 Å². The van der Waals surface area contributed by atoms with Crippen molar-refractivity contribution in [3.05, 3.63) is 65.7 Å². The molecule has 0 aromatic heterocycles. The van der Waals surface area contributed by atoms with E-state index in [0.717, 1.165) is 25.9 Å². The summed E-state index contributed by atoms with van der Waals surface area (Å²) in [5, 5.41) is 2.98. The van der Waals surface area contributed by atoms with Gasteiger partial charge in [0.1, 0.15) is 5.54 Å². The average molecular weight is 631 g/mol. The lowest BCUT2D eigenvalue weighted by molar-refractivity contribution is -0.134. The number of nitrogens with zero attached hydrogens (tertiary/aromatic N) is 3. The van der Waals surface area contributed by atoms with Crippen LogP contribution >= 0.6 is 12.4 Å². The molecule has 2 aromatic carbocycles. The third kappa shape index (κ3) is 7.41. The summed E-state index contributed by atoms with van der Waals surface area (Å²) in [5.74, 6) is 0.518. The van der Waals surface area contributed by atoms with Gasteiger partial charge in [-0.2, -0.15) is 0 Å². The fourth-order valence-electron chi connectivity index (χ4n) is 6.54. The summed E-state index contributed by atoms with van der Waals surface area (Å²) >= 11 is 0. The van der Waals surface area contributed by atoms with Crippen LogP contribution < -0.4 is 5.32 Å². The minimum Gasteiger partial charge on any atom is -0.342 e. The summed E-state index contributed by atoms with van der Waals surface area (Å²) in [6.45, 7) is 10.00. The number of hydrogen-bond acceptors (Lipinski definition) is 6. The molecule has 3 fully saturated rings. The van der Waals surface area contributed by atoms with Crippen LogP contribution in [-0.4, -0.2) is 85.5 Å². The Bertz CT molecular complexity index is 1430. The van der Waals surface area contributed by atoms with Crippen molar-refractivity contribution in [2.45, 2.75) is 62.9 Å². The highest BCUT2D eigenvalue weighted by Crippen LogP contribution is 2.37. The molecule has 0 unspecified atom stereocenters. The molecule has 1 spiro atoms. The number of nitrogens with one attached hydrogen (secondary N) is 1. The second-order valence-corrected chi connectivity index (χ2v) is 15.4. The average Bonchev–Trinajstić information content (AvgIpc) is 3.44. The van der Waals surface area contributed by atoms with Gasteiger partial charge in [0.2, 0.25) is 5.91 Å². The van der Waals surface area contributed by atoms with Gasteiger partial charge in [0.15, 0.2) is 9.84 Å². The molecule has 9 nitrogen and oxygen atoms in total. The van der Waals surface area contributed by atoms with Gasteiger partial charge in [-0.3, -0.25) is 14.5 Å². The molecule has 0 radical (unpaired) electrons. The first-order valence-electron chi connectivity index (χ1n) is 14.7. The molecule has 11 heteroatoms. The van der Waals surface area contributed by atoms with Crippen molar-refractivity contribution in [2.75, 3.05) is 39.0 Å². The fourth-order valence-corrected chi connectivity index (χ4v) is 7.17. The summed E-state index contributed by atoms with van der Waals surface area (Å²) < 4.78 is 23.5. The molecule has 2 aromatic rings. The highest BCUT2D eigenvalue weighted by molar-refractivity contribution is 7.90. The van der Waals surface area contributed by atoms with E-state index in [1.165, 1.54) is 22.6 Å². The summed E-state index contributed by atoms with van der Waals surface area (Å²) in [6.07, 6.45) is 2.72. The predicted octanol–water partition coefficient (Wildman–Crippen LogP) is 4.08. The standard InChI is InChI=1S/C32H42N4O5S.ClH/c1-31(2,3)18-28(37)35-21-25(27(22-35)24-8-6-5-7-9-24)20-34-16-14-32(15-17-34)29(38)36(30(39)33-32)19-23-10-12-26(13-11-23)42(4,40)41;/h5-13,25,27H,14-22H2,1-4H3,(H,33,39);1H/t25-,27+;/m0./s1. The highest BCUT2D eigenvalue weighted by Gasteiger charge is 2.52. The van der Waals surface area contributed by atoms with Crippen LogP contribution in [0.15, 0.2) is 59.5 Å². The Morgan fingerprint density at radius 1 is 0.977 bits per heavy atom. The van der Waals surface area contributed by atoms with Crippen molar-refractivity contribution in [1.29, 1.82) is 0 Å². The molecule has 0 saturated carbocycles. The monoisotopic (exact) mass is 630 g/mol. The molecule has 3 aliphatic heterocycles. The SMILES string of the molecule is CC(C)(C)CC(=O)N1C[C@H](CN2CCC3(CC2)NC(=O)N(Cc2ccc(S(C)(=O)=O)cc2)C3=O)[C@@H](c2ccccc2)C1.Cl. The first kappa shape index (κ1) is 33.0. The van der Waals surface area contributed by atoms with Crippen molar-refractivity contribution in [1.82, 2.24) is 20.0 Å². The number of halogens is 1. The van der Waals surface area contributed by atoms with Gasteiger partial charge in [-0.15, -0.1) is 12.4 Å². The third-order valence-corrected chi connectivity index (χ3v) is 9.97. The fraction of sp³-hybridized carbons (Fsp3) is 0.531. The Balaban J connectivity index is 0.00000423. The second-order valence-electron chi connectivity index (χ2n) is 13.4. The maximum atomic E-state index is 13.5. The van der Waals surface area contributed by atoms with E-state index in [1.807, 2.05) is 11.0 Å². The Kier molecular flexibility index (Phi) is 9.64. The Labute approximate surface area is 261 Å². The minimum absolute atomic E-state index is 0. The van der Waals surface area contributed by atoms with E-state index < -0.39 is 21.4 Å². The molecule has 3 heterocycles. The number of likely N-dealkylation sites (tertiary alicyclic amines) is 2. The van der Waals surface area contributed by atoms with Crippen LogP contribution in [0.1, 0.15) is 57.1 Å². The minimum atomic E-state index is -3.32. The lowest BCUT2D eigenvalue weighted by Gasteiger charge is -2.38. The largest absolute Gasteiger partial charge is 0.342 e. The molecule has 1 N–H and O–H groups in total. The second kappa shape index (κ2) is 12.6. The zero-order chi connectivity index (χ0) is 30.3. The van der Waals surface area contributed by atoms with E-state index in [-0.39, 0.29) is 52.9 Å². The van der Waals surface area contributed by atoms with Gasteiger partial charge in [0, 0.05) is 51.3 Å². The zero-order valence-electron chi connectivity index (χ0n) is 25.4. The van der Waals surface area contributed by atoms with E-state index in [2.05, 4.69) is 55.3 Å². The first-order valence-corrected chi connectivity index (χ1v) is 16.6. The van der Waals surface area contributed by atoms with E-state index in [1.54, 1.807) is 12.1 Å². The van der Waals surface area contributed by atoms with Crippen LogP contribution in [0.4, 0.5) is 4.79 Å². The lowest BCUT2D eigenvalue weighted by atomic mass is 9.85. The normalized spacial score (nSPS) is 22.5. The molecule has 0 aliphatic carbocycles. The molecule has 4 amide bonds. The van der Waals surface area contributed by atoms with E-state index >= 15 is 0 Å². The van der Waals surface area contributed by atoms with Crippen molar-refractivity contribution >= 4 is 40.1 Å². The maximum Gasteiger partial charge on any atom is 0.325 e. The number of hydrogen-bond donors (Lipinski definition) is 1. The van der Waals surface area contributed by atoms with E-state index in [0.29, 0.717) is 37.9 Å². The van der Waals surface area contributed by atoms with Crippen LogP contribution in [-0.2, 0) is 26.0 Å². The number of amides is 4. The number of benzene rings is 2. The van der Waals surface area contributed by atoms with Gasteiger partial charge in [-0.25, -0.2) is 13.2 Å². The Morgan fingerprint density at radius 3 is 2.19 bits per heavy atom. The van der Waals surface area contributed by atoms with Gasteiger partial charge >= 0.3 is 6.03 Å². The van der Waals surface area contributed by atoms with E-state index in [4.69, 9.17) is 0 Å². The smallest absolute Gasteiger partial charge is 0.325 e. The Hall–Kier alpha value is -2.95. The quantitative estimate of drug-likeness (QED) is 0.462. The van der Waals surface area contributed by atoms with Crippen molar-refractivity contribution in [3.8, 4) is 0 Å². The van der Waals surface area contributed by atoms with Crippen LogP contribution in [0.3, 0.4) is 0 Å².